The molecular weight excluding hydrogens is 245 g/mol. The Morgan fingerprint density at radius 1 is 1.29 bits per heavy atom. The van der Waals surface area contributed by atoms with Crippen LogP contribution in [-0.4, -0.2) is 16.1 Å². The van der Waals surface area contributed by atoms with Crippen molar-refractivity contribution in [3.8, 4) is 11.3 Å². The first kappa shape index (κ1) is 11.5. The highest BCUT2D eigenvalue weighted by atomic mass is 35.5. The zero-order valence-corrected chi connectivity index (χ0v) is 9.28. The summed E-state index contributed by atoms with van der Waals surface area (Å²) < 4.78 is 13.3. The summed E-state index contributed by atoms with van der Waals surface area (Å²) in [6.45, 7) is 0. The molecule has 0 spiro atoms. The zero-order valence-electron chi connectivity index (χ0n) is 8.52. The second kappa shape index (κ2) is 4.51. The molecule has 17 heavy (non-hydrogen) atoms. The average molecular weight is 252 g/mol. The maximum atomic E-state index is 13.3. The Hall–Kier alpha value is -1.94. The average Bonchev–Trinajstić information content (AvgIpc) is 2.28. The monoisotopic (exact) mass is 251 g/mol. The van der Waals surface area contributed by atoms with Gasteiger partial charge in [-0.05, 0) is 30.3 Å². The Morgan fingerprint density at radius 2 is 2.06 bits per heavy atom. The number of halogens is 2. The number of benzene rings is 1. The number of rotatable bonds is 2. The minimum atomic E-state index is -1.19. The molecule has 1 N–H and O–H groups in total. The van der Waals surface area contributed by atoms with Gasteiger partial charge in [-0.15, -0.1) is 0 Å². The number of hydrogen-bond donors (Lipinski definition) is 1. The van der Waals surface area contributed by atoms with Crippen molar-refractivity contribution in [2.24, 2.45) is 0 Å². The van der Waals surface area contributed by atoms with Crippen molar-refractivity contribution in [1.29, 1.82) is 0 Å². The highest BCUT2D eigenvalue weighted by Gasteiger charge is 2.09. The van der Waals surface area contributed by atoms with Crippen LogP contribution in [0.4, 0.5) is 4.39 Å². The van der Waals surface area contributed by atoms with Crippen LogP contribution < -0.4 is 0 Å². The SMILES string of the molecule is O=C(O)c1cc(F)cc(-c2cc(Cl)ccn2)c1. The molecule has 2 rings (SSSR count). The van der Waals surface area contributed by atoms with Crippen molar-refractivity contribution in [1.82, 2.24) is 4.98 Å². The van der Waals surface area contributed by atoms with Gasteiger partial charge in [-0.25, -0.2) is 9.18 Å². The molecule has 0 aliphatic rings. The van der Waals surface area contributed by atoms with E-state index in [-0.39, 0.29) is 5.56 Å². The Balaban J connectivity index is 2.56. The van der Waals surface area contributed by atoms with Crippen LogP contribution in [-0.2, 0) is 0 Å². The second-order valence-electron chi connectivity index (χ2n) is 3.39. The molecule has 1 heterocycles. The zero-order chi connectivity index (χ0) is 12.4. The molecule has 0 bridgehead atoms. The fourth-order valence-corrected chi connectivity index (χ4v) is 1.58. The fraction of sp³-hybridized carbons (Fsp3) is 0. The van der Waals surface area contributed by atoms with Gasteiger partial charge in [0.25, 0.3) is 0 Å². The van der Waals surface area contributed by atoms with Crippen molar-refractivity contribution in [2.75, 3.05) is 0 Å². The third-order valence-electron chi connectivity index (χ3n) is 2.16. The van der Waals surface area contributed by atoms with Gasteiger partial charge >= 0.3 is 5.97 Å². The van der Waals surface area contributed by atoms with Crippen molar-refractivity contribution >= 4 is 17.6 Å². The second-order valence-corrected chi connectivity index (χ2v) is 3.83. The molecular formula is C12H7ClFNO2. The van der Waals surface area contributed by atoms with E-state index in [1.165, 1.54) is 18.3 Å². The lowest BCUT2D eigenvalue weighted by Crippen LogP contribution is -1.98. The molecule has 1 aromatic carbocycles. The van der Waals surface area contributed by atoms with E-state index >= 15 is 0 Å². The first-order valence-corrected chi connectivity index (χ1v) is 5.10. The lowest BCUT2D eigenvalue weighted by molar-refractivity contribution is 0.0696. The van der Waals surface area contributed by atoms with Crippen LogP contribution in [0.5, 0.6) is 0 Å². The summed E-state index contributed by atoms with van der Waals surface area (Å²) >= 11 is 5.79. The van der Waals surface area contributed by atoms with Gasteiger partial charge in [0.15, 0.2) is 0 Å². The van der Waals surface area contributed by atoms with E-state index in [0.717, 1.165) is 6.07 Å². The van der Waals surface area contributed by atoms with Gasteiger partial charge in [0.2, 0.25) is 0 Å². The lowest BCUT2D eigenvalue weighted by atomic mass is 10.1. The molecule has 86 valence electrons. The number of hydrogen-bond acceptors (Lipinski definition) is 2. The smallest absolute Gasteiger partial charge is 0.335 e. The molecule has 0 atom stereocenters. The quantitative estimate of drug-likeness (QED) is 0.891. The van der Waals surface area contributed by atoms with Gasteiger partial charge in [-0.2, -0.15) is 0 Å². The number of carboxylic acids is 1. The van der Waals surface area contributed by atoms with E-state index in [1.807, 2.05) is 0 Å². The lowest BCUT2D eigenvalue weighted by Gasteiger charge is -2.03. The summed E-state index contributed by atoms with van der Waals surface area (Å²) in [5.74, 6) is -1.81. The van der Waals surface area contributed by atoms with Gasteiger partial charge in [-0.1, -0.05) is 11.6 Å². The van der Waals surface area contributed by atoms with E-state index in [1.54, 1.807) is 12.1 Å². The number of carbonyl (C=O) groups is 1. The van der Waals surface area contributed by atoms with Gasteiger partial charge in [-0.3, -0.25) is 4.98 Å². The van der Waals surface area contributed by atoms with Crippen molar-refractivity contribution in [3.63, 3.8) is 0 Å². The highest BCUT2D eigenvalue weighted by Crippen LogP contribution is 2.22. The molecule has 0 saturated carbocycles. The molecule has 0 aliphatic carbocycles. The molecule has 0 radical (unpaired) electrons. The van der Waals surface area contributed by atoms with Crippen LogP contribution in [0.2, 0.25) is 5.02 Å². The van der Waals surface area contributed by atoms with Gasteiger partial charge in [0.05, 0.1) is 11.3 Å². The molecule has 0 unspecified atom stereocenters. The largest absolute Gasteiger partial charge is 0.478 e. The Kier molecular flexibility index (Phi) is 3.06. The molecule has 1 aromatic heterocycles. The predicted molar refractivity (Wildman–Crippen MR) is 61.6 cm³/mol. The van der Waals surface area contributed by atoms with Gasteiger partial charge in [0, 0.05) is 16.8 Å². The number of nitrogens with zero attached hydrogens (tertiary/aromatic N) is 1. The third kappa shape index (κ3) is 2.60. The summed E-state index contributed by atoms with van der Waals surface area (Å²) in [4.78, 5) is 14.8. The van der Waals surface area contributed by atoms with Crippen LogP contribution in [0.15, 0.2) is 36.5 Å². The predicted octanol–water partition coefficient (Wildman–Crippen LogP) is 3.24. The van der Waals surface area contributed by atoms with Crippen molar-refractivity contribution in [3.05, 3.63) is 52.9 Å². The third-order valence-corrected chi connectivity index (χ3v) is 2.40. The van der Waals surface area contributed by atoms with Crippen LogP contribution in [0.25, 0.3) is 11.3 Å². The maximum Gasteiger partial charge on any atom is 0.335 e. The van der Waals surface area contributed by atoms with E-state index < -0.39 is 11.8 Å². The Morgan fingerprint density at radius 3 is 2.71 bits per heavy atom. The van der Waals surface area contributed by atoms with Gasteiger partial charge in [0.1, 0.15) is 5.82 Å². The Bertz CT molecular complexity index is 586. The van der Waals surface area contributed by atoms with Gasteiger partial charge < -0.3 is 5.11 Å². The topological polar surface area (TPSA) is 50.2 Å². The first-order chi connectivity index (χ1) is 8.06. The summed E-state index contributed by atoms with van der Waals surface area (Å²) in [7, 11) is 0. The standard InChI is InChI=1S/C12H7ClFNO2/c13-9-1-2-15-11(6-9)7-3-8(12(16)17)5-10(14)4-7/h1-6H,(H,16,17). The number of carboxylic acid groups (broad SMARTS) is 1. The molecule has 0 amide bonds. The highest BCUT2D eigenvalue weighted by molar-refractivity contribution is 6.30. The summed E-state index contributed by atoms with van der Waals surface area (Å²) in [5, 5.41) is 9.28. The van der Waals surface area contributed by atoms with Crippen LogP contribution in [0, 0.1) is 5.82 Å². The van der Waals surface area contributed by atoms with E-state index in [0.29, 0.717) is 16.3 Å². The molecule has 3 nitrogen and oxygen atoms in total. The summed E-state index contributed by atoms with van der Waals surface area (Å²) in [5.41, 5.74) is 0.686. The fourth-order valence-electron chi connectivity index (χ4n) is 1.42. The number of pyridine rings is 1. The van der Waals surface area contributed by atoms with Crippen molar-refractivity contribution < 1.29 is 14.3 Å². The molecule has 5 heteroatoms. The summed E-state index contributed by atoms with van der Waals surface area (Å²) in [6.07, 6.45) is 1.48. The summed E-state index contributed by atoms with van der Waals surface area (Å²) in [6, 6.07) is 6.65. The molecule has 2 aromatic rings. The molecule has 0 aliphatic heterocycles. The molecule has 0 fully saturated rings. The first-order valence-electron chi connectivity index (χ1n) is 4.72. The van der Waals surface area contributed by atoms with E-state index in [2.05, 4.69) is 4.98 Å². The van der Waals surface area contributed by atoms with E-state index in [9.17, 15) is 9.18 Å². The van der Waals surface area contributed by atoms with Crippen LogP contribution in [0.1, 0.15) is 10.4 Å². The van der Waals surface area contributed by atoms with Crippen LogP contribution in [0.3, 0.4) is 0 Å². The minimum absolute atomic E-state index is 0.123. The Labute approximate surface area is 101 Å². The van der Waals surface area contributed by atoms with E-state index in [4.69, 9.17) is 16.7 Å². The number of aromatic nitrogens is 1. The molecule has 0 saturated heterocycles. The number of aromatic carboxylic acids is 1. The van der Waals surface area contributed by atoms with Crippen molar-refractivity contribution in [2.45, 2.75) is 0 Å². The normalized spacial score (nSPS) is 10.2. The minimum Gasteiger partial charge on any atom is -0.478 e. The van der Waals surface area contributed by atoms with Crippen LogP contribution >= 0.6 is 11.6 Å². The maximum absolute atomic E-state index is 13.3.